The van der Waals surface area contributed by atoms with Gasteiger partial charge >= 0.3 is 12.1 Å². The second kappa shape index (κ2) is 7.74. The van der Waals surface area contributed by atoms with E-state index in [1.54, 1.807) is 16.8 Å². The van der Waals surface area contributed by atoms with Crippen molar-refractivity contribution in [2.45, 2.75) is 25.3 Å². The quantitative estimate of drug-likeness (QED) is 0.859. The van der Waals surface area contributed by atoms with Crippen LogP contribution in [0, 0.1) is 0 Å². The Morgan fingerprint density at radius 3 is 2.76 bits per heavy atom. The lowest BCUT2D eigenvalue weighted by Crippen LogP contribution is -2.34. The fourth-order valence-electron chi connectivity index (χ4n) is 3.51. The molecule has 1 aromatic rings. The van der Waals surface area contributed by atoms with Gasteiger partial charge in [-0.2, -0.15) is 0 Å². The summed E-state index contributed by atoms with van der Waals surface area (Å²) in [7, 11) is 3.93. The Balaban J connectivity index is 1.50. The maximum absolute atomic E-state index is 12.1. The highest BCUT2D eigenvalue weighted by atomic mass is 16.2. The third-order valence-electron chi connectivity index (χ3n) is 5.07. The van der Waals surface area contributed by atoms with Gasteiger partial charge in [0, 0.05) is 44.1 Å². The summed E-state index contributed by atoms with van der Waals surface area (Å²) in [5.74, 6) is 0. The molecule has 1 aromatic carbocycles. The highest BCUT2D eigenvalue weighted by Gasteiger charge is 2.26. The summed E-state index contributed by atoms with van der Waals surface area (Å²) in [5.41, 5.74) is 1.50. The van der Waals surface area contributed by atoms with Crippen molar-refractivity contribution in [3.63, 3.8) is 0 Å². The average molecular weight is 345 g/mol. The van der Waals surface area contributed by atoms with Crippen LogP contribution in [0.1, 0.15) is 19.3 Å². The van der Waals surface area contributed by atoms with Gasteiger partial charge in [-0.15, -0.1) is 0 Å². The molecule has 7 heteroatoms. The maximum Gasteiger partial charge on any atom is 0.324 e. The van der Waals surface area contributed by atoms with Crippen molar-refractivity contribution in [1.82, 2.24) is 15.1 Å². The number of likely N-dealkylation sites (tertiary alicyclic amines) is 1. The third kappa shape index (κ3) is 4.22. The van der Waals surface area contributed by atoms with E-state index in [9.17, 15) is 9.59 Å². The molecule has 4 amide bonds. The van der Waals surface area contributed by atoms with Gasteiger partial charge in [0.1, 0.15) is 0 Å². The number of carbonyl (C=O) groups is 2. The molecule has 0 radical (unpaired) electrons. The standard InChI is InChI=1S/C18H27N5O2/c1-21-10-4-7-15(21)8-9-19-17(24)20-14-5-3-6-16(13-14)23-12-11-22(2)18(23)25/h3,5-6,13,15H,4,7-12H2,1-2H3,(H2,19,20,24)/t15-/m0/s1. The minimum absolute atomic E-state index is 0.0118. The number of nitrogens with zero attached hydrogens (tertiary/aromatic N) is 3. The van der Waals surface area contributed by atoms with Gasteiger partial charge in [0.05, 0.1) is 0 Å². The highest BCUT2D eigenvalue weighted by molar-refractivity contribution is 5.95. The Morgan fingerprint density at radius 1 is 1.24 bits per heavy atom. The molecule has 0 bridgehead atoms. The molecule has 0 unspecified atom stereocenters. The van der Waals surface area contributed by atoms with Crippen LogP contribution < -0.4 is 15.5 Å². The molecule has 2 fully saturated rings. The number of anilines is 2. The number of carbonyl (C=O) groups excluding carboxylic acids is 2. The number of amides is 4. The van der Waals surface area contributed by atoms with Gasteiger partial charge in [-0.05, 0) is 51.1 Å². The summed E-state index contributed by atoms with van der Waals surface area (Å²) in [5, 5.41) is 5.77. The summed E-state index contributed by atoms with van der Waals surface area (Å²) < 4.78 is 0. The van der Waals surface area contributed by atoms with Crippen LogP contribution in [-0.2, 0) is 0 Å². The Kier molecular flexibility index (Phi) is 5.43. The first-order valence-corrected chi connectivity index (χ1v) is 8.92. The number of benzene rings is 1. The minimum atomic E-state index is -0.206. The molecule has 2 aliphatic heterocycles. The van der Waals surface area contributed by atoms with Crippen molar-refractivity contribution in [1.29, 1.82) is 0 Å². The third-order valence-corrected chi connectivity index (χ3v) is 5.07. The van der Waals surface area contributed by atoms with Crippen LogP contribution in [-0.4, -0.2) is 68.2 Å². The Morgan fingerprint density at radius 2 is 2.08 bits per heavy atom. The van der Waals surface area contributed by atoms with Crippen LogP contribution >= 0.6 is 0 Å². The number of rotatable bonds is 5. The highest BCUT2D eigenvalue weighted by Crippen LogP contribution is 2.23. The van der Waals surface area contributed by atoms with Gasteiger partial charge in [0.2, 0.25) is 0 Å². The molecule has 3 rings (SSSR count). The number of urea groups is 2. The van der Waals surface area contributed by atoms with Crippen molar-refractivity contribution in [3.05, 3.63) is 24.3 Å². The molecular weight excluding hydrogens is 318 g/mol. The summed E-state index contributed by atoms with van der Waals surface area (Å²) in [6.45, 7) is 3.19. The monoisotopic (exact) mass is 345 g/mol. The van der Waals surface area contributed by atoms with Gasteiger partial charge < -0.3 is 20.4 Å². The zero-order valence-corrected chi connectivity index (χ0v) is 15.0. The van der Waals surface area contributed by atoms with E-state index in [0.29, 0.717) is 31.4 Å². The predicted molar refractivity (Wildman–Crippen MR) is 99.1 cm³/mol. The first kappa shape index (κ1) is 17.5. The molecule has 0 saturated carbocycles. The molecule has 1 atom stereocenters. The largest absolute Gasteiger partial charge is 0.338 e. The Bertz CT molecular complexity index is 636. The lowest BCUT2D eigenvalue weighted by Gasteiger charge is -2.19. The predicted octanol–water partition coefficient (Wildman–Crippen LogP) is 2.16. The summed E-state index contributed by atoms with van der Waals surface area (Å²) >= 11 is 0. The van der Waals surface area contributed by atoms with E-state index in [-0.39, 0.29) is 12.1 Å². The SMILES string of the molecule is CN1CCN(c2cccc(NC(=O)NCC[C@@H]3CCCN3C)c2)C1=O. The second-order valence-electron chi connectivity index (χ2n) is 6.85. The summed E-state index contributed by atoms with van der Waals surface area (Å²) in [4.78, 5) is 29.9. The van der Waals surface area contributed by atoms with E-state index in [2.05, 4.69) is 22.6 Å². The fraction of sp³-hybridized carbons (Fsp3) is 0.556. The lowest BCUT2D eigenvalue weighted by molar-refractivity contribution is 0.229. The summed E-state index contributed by atoms with van der Waals surface area (Å²) in [6, 6.07) is 7.76. The normalized spacial score (nSPS) is 21.0. The van der Waals surface area contributed by atoms with Crippen LogP contribution in [0.2, 0.25) is 0 Å². The molecule has 0 aliphatic carbocycles. The van der Waals surface area contributed by atoms with Crippen molar-refractivity contribution in [3.8, 4) is 0 Å². The molecule has 136 valence electrons. The van der Waals surface area contributed by atoms with Crippen LogP contribution in [0.25, 0.3) is 0 Å². The van der Waals surface area contributed by atoms with E-state index in [4.69, 9.17) is 0 Å². The molecule has 2 aliphatic rings. The Labute approximate surface area is 149 Å². The molecule has 25 heavy (non-hydrogen) atoms. The number of hydrogen-bond donors (Lipinski definition) is 2. The smallest absolute Gasteiger partial charge is 0.324 e. The van der Waals surface area contributed by atoms with E-state index < -0.39 is 0 Å². The van der Waals surface area contributed by atoms with Gasteiger partial charge in [-0.25, -0.2) is 9.59 Å². The Hall–Kier alpha value is -2.28. The number of likely N-dealkylation sites (N-methyl/N-ethyl adjacent to an activating group) is 1. The van der Waals surface area contributed by atoms with Crippen LogP contribution in [0.15, 0.2) is 24.3 Å². The second-order valence-corrected chi connectivity index (χ2v) is 6.85. The van der Waals surface area contributed by atoms with E-state index >= 15 is 0 Å². The van der Waals surface area contributed by atoms with Gasteiger partial charge in [-0.1, -0.05) is 6.07 Å². The maximum atomic E-state index is 12.1. The lowest BCUT2D eigenvalue weighted by atomic mass is 10.1. The molecule has 7 nitrogen and oxygen atoms in total. The van der Waals surface area contributed by atoms with E-state index in [1.165, 1.54) is 12.8 Å². The fourth-order valence-corrected chi connectivity index (χ4v) is 3.51. The van der Waals surface area contributed by atoms with E-state index in [0.717, 1.165) is 18.7 Å². The minimum Gasteiger partial charge on any atom is -0.338 e. The topological polar surface area (TPSA) is 67.9 Å². The molecule has 2 saturated heterocycles. The van der Waals surface area contributed by atoms with Crippen LogP contribution in [0.5, 0.6) is 0 Å². The van der Waals surface area contributed by atoms with Gasteiger partial charge in [0.25, 0.3) is 0 Å². The first-order valence-electron chi connectivity index (χ1n) is 8.92. The van der Waals surface area contributed by atoms with Gasteiger partial charge in [0.15, 0.2) is 0 Å². The molecule has 0 aromatic heterocycles. The van der Waals surface area contributed by atoms with E-state index in [1.807, 2.05) is 24.3 Å². The molecule has 2 N–H and O–H groups in total. The zero-order valence-electron chi connectivity index (χ0n) is 15.0. The number of hydrogen-bond acceptors (Lipinski definition) is 3. The van der Waals surface area contributed by atoms with Crippen LogP contribution in [0.3, 0.4) is 0 Å². The average Bonchev–Trinajstić information content (AvgIpc) is 3.14. The zero-order chi connectivity index (χ0) is 17.8. The van der Waals surface area contributed by atoms with Crippen molar-refractivity contribution in [2.24, 2.45) is 0 Å². The first-order chi connectivity index (χ1) is 12.0. The molecule has 0 spiro atoms. The number of nitrogens with one attached hydrogen (secondary N) is 2. The van der Waals surface area contributed by atoms with Crippen molar-refractivity contribution < 1.29 is 9.59 Å². The van der Waals surface area contributed by atoms with Crippen LogP contribution in [0.4, 0.5) is 21.0 Å². The molecular formula is C18H27N5O2. The molecule has 2 heterocycles. The van der Waals surface area contributed by atoms with Crippen molar-refractivity contribution in [2.75, 3.05) is 50.5 Å². The van der Waals surface area contributed by atoms with Crippen molar-refractivity contribution >= 4 is 23.4 Å². The summed E-state index contributed by atoms with van der Waals surface area (Å²) in [6.07, 6.45) is 3.42. The van der Waals surface area contributed by atoms with Gasteiger partial charge in [-0.3, -0.25) is 4.90 Å².